The molecule has 1 N–H and O–H groups in total. The summed E-state index contributed by atoms with van der Waals surface area (Å²) in [6.07, 6.45) is 4.00. The third-order valence-electron chi connectivity index (χ3n) is 0.853. The van der Waals surface area contributed by atoms with E-state index in [1.807, 2.05) is 32.2 Å². The highest BCUT2D eigenvalue weighted by Gasteiger charge is 2.12. The quantitative estimate of drug-likeness (QED) is 0.446. The first-order valence-corrected chi connectivity index (χ1v) is 6.05. The van der Waals surface area contributed by atoms with Gasteiger partial charge in [-0.05, 0) is 26.1 Å². The Bertz CT molecular complexity index is 81.0. The normalized spacial score (nSPS) is 13.0. The minimum atomic E-state index is -1.76. The third-order valence-corrected chi connectivity index (χ3v) is 2.09. The van der Waals surface area contributed by atoms with Gasteiger partial charge in [-0.1, -0.05) is 12.2 Å². The topological polar surface area (TPSA) is 20.2 Å². The van der Waals surface area contributed by atoms with E-state index in [4.69, 9.17) is 0 Å². The Hall–Kier alpha value is -0.0831. The Morgan fingerprint density at radius 3 is 2.12 bits per heavy atom. The fraction of sp³-hybridized carbons (Fsp3) is 0.667. The molecule has 0 rings (SSSR count). The predicted molar refractivity (Wildman–Crippen MR) is 39.3 cm³/mol. The Morgan fingerprint density at radius 2 is 2.00 bits per heavy atom. The lowest BCUT2D eigenvalue weighted by Gasteiger charge is -2.08. The Balaban J connectivity index is 3.39. The molecule has 0 aliphatic heterocycles. The standard InChI is InChI=1S/C6H14OSi/c1-4-5-6-8(2,3)7/h4-5,7H,6H2,1-3H3/b5-4+. The summed E-state index contributed by atoms with van der Waals surface area (Å²) in [6.45, 7) is 5.85. The molecule has 0 aromatic carbocycles. The molecule has 0 bridgehead atoms. The van der Waals surface area contributed by atoms with Crippen LogP contribution in [0.25, 0.3) is 0 Å². The van der Waals surface area contributed by atoms with Crippen LogP contribution in [0.3, 0.4) is 0 Å². The SMILES string of the molecule is C/C=C/C[Si](C)(C)O. The Labute approximate surface area is 52.2 Å². The van der Waals surface area contributed by atoms with Gasteiger partial charge in [0.15, 0.2) is 8.32 Å². The average molecular weight is 130 g/mol. The largest absolute Gasteiger partial charge is 0.432 e. The van der Waals surface area contributed by atoms with Gasteiger partial charge < -0.3 is 4.80 Å². The molecule has 0 aromatic heterocycles. The van der Waals surface area contributed by atoms with Gasteiger partial charge in [-0.3, -0.25) is 0 Å². The van der Waals surface area contributed by atoms with Crippen molar-refractivity contribution in [1.29, 1.82) is 0 Å². The number of allylic oxidation sites excluding steroid dienone is 2. The maximum Gasteiger partial charge on any atom is 0.186 e. The summed E-state index contributed by atoms with van der Waals surface area (Å²) >= 11 is 0. The Morgan fingerprint density at radius 1 is 1.50 bits per heavy atom. The molecule has 0 amide bonds. The van der Waals surface area contributed by atoms with E-state index in [0.29, 0.717) is 0 Å². The van der Waals surface area contributed by atoms with E-state index in [-0.39, 0.29) is 0 Å². The molecule has 48 valence electrons. The second kappa shape index (κ2) is 3.05. The molecule has 0 saturated heterocycles. The summed E-state index contributed by atoms with van der Waals surface area (Å²) in [5, 5.41) is 0. The lowest BCUT2D eigenvalue weighted by atomic mass is 10.6. The summed E-state index contributed by atoms with van der Waals surface area (Å²) in [5.74, 6) is 0. The van der Waals surface area contributed by atoms with E-state index in [2.05, 4.69) is 0 Å². The molecule has 0 radical (unpaired) electrons. The molecule has 0 saturated carbocycles. The molecule has 1 nitrogen and oxygen atoms in total. The van der Waals surface area contributed by atoms with Gasteiger partial charge in [0.1, 0.15) is 0 Å². The molecular weight excluding hydrogens is 116 g/mol. The average Bonchev–Trinajstić information content (AvgIpc) is 1.59. The van der Waals surface area contributed by atoms with Crippen LogP contribution in [0, 0.1) is 0 Å². The summed E-state index contributed by atoms with van der Waals surface area (Å²) in [5.41, 5.74) is 0. The second-order valence-electron chi connectivity index (χ2n) is 2.59. The van der Waals surface area contributed by atoms with Crippen molar-refractivity contribution >= 4 is 8.32 Å². The van der Waals surface area contributed by atoms with Crippen molar-refractivity contribution in [3.8, 4) is 0 Å². The molecule has 0 heterocycles. The van der Waals surface area contributed by atoms with Crippen molar-refractivity contribution in [2.75, 3.05) is 0 Å². The van der Waals surface area contributed by atoms with Crippen LogP contribution in [0.4, 0.5) is 0 Å². The van der Waals surface area contributed by atoms with Crippen molar-refractivity contribution in [2.45, 2.75) is 26.1 Å². The molecule has 0 fully saturated rings. The fourth-order valence-electron chi connectivity index (χ4n) is 0.406. The van der Waals surface area contributed by atoms with Gasteiger partial charge in [-0.15, -0.1) is 0 Å². The van der Waals surface area contributed by atoms with Crippen LogP contribution in [0.2, 0.25) is 19.1 Å². The van der Waals surface area contributed by atoms with Gasteiger partial charge in [0.25, 0.3) is 0 Å². The molecule has 0 atom stereocenters. The van der Waals surface area contributed by atoms with Crippen molar-refractivity contribution in [3.63, 3.8) is 0 Å². The first-order valence-electron chi connectivity index (χ1n) is 2.90. The van der Waals surface area contributed by atoms with Crippen LogP contribution in [-0.2, 0) is 0 Å². The highest BCUT2D eigenvalue weighted by atomic mass is 28.4. The molecule has 0 unspecified atom stereocenters. The molecule has 8 heavy (non-hydrogen) atoms. The third kappa shape index (κ3) is 5.92. The van der Waals surface area contributed by atoms with E-state index in [9.17, 15) is 4.80 Å². The first-order chi connectivity index (χ1) is 3.56. The summed E-state index contributed by atoms with van der Waals surface area (Å²) in [4.78, 5) is 9.24. The van der Waals surface area contributed by atoms with Crippen molar-refractivity contribution in [3.05, 3.63) is 12.2 Å². The van der Waals surface area contributed by atoms with Crippen molar-refractivity contribution in [1.82, 2.24) is 0 Å². The summed E-state index contributed by atoms with van der Waals surface area (Å²) in [7, 11) is -1.76. The monoisotopic (exact) mass is 130 g/mol. The van der Waals surface area contributed by atoms with Crippen LogP contribution < -0.4 is 0 Å². The van der Waals surface area contributed by atoms with Crippen LogP contribution in [-0.4, -0.2) is 13.1 Å². The lowest BCUT2D eigenvalue weighted by Crippen LogP contribution is -2.22. The molecule has 2 heteroatoms. The molecule has 0 spiro atoms. The van der Waals surface area contributed by atoms with E-state index < -0.39 is 8.32 Å². The number of hydrogen-bond donors (Lipinski definition) is 1. The minimum absolute atomic E-state index is 0.878. The minimum Gasteiger partial charge on any atom is -0.432 e. The van der Waals surface area contributed by atoms with Crippen molar-refractivity contribution in [2.24, 2.45) is 0 Å². The first kappa shape index (κ1) is 7.92. The van der Waals surface area contributed by atoms with E-state index in [1.54, 1.807) is 0 Å². The van der Waals surface area contributed by atoms with E-state index in [1.165, 1.54) is 0 Å². The maximum atomic E-state index is 9.24. The predicted octanol–water partition coefficient (Wildman–Crippen LogP) is 1.76. The highest BCUT2D eigenvalue weighted by molar-refractivity contribution is 6.70. The van der Waals surface area contributed by atoms with Crippen LogP contribution in [0.15, 0.2) is 12.2 Å². The van der Waals surface area contributed by atoms with Crippen LogP contribution in [0.1, 0.15) is 6.92 Å². The van der Waals surface area contributed by atoms with Crippen LogP contribution in [0.5, 0.6) is 0 Å². The summed E-state index contributed by atoms with van der Waals surface area (Å²) < 4.78 is 0. The smallest absolute Gasteiger partial charge is 0.186 e. The van der Waals surface area contributed by atoms with Gasteiger partial charge >= 0.3 is 0 Å². The number of hydrogen-bond acceptors (Lipinski definition) is 1. The Kier molecular flexibility index (Phi) is 3.01. The van der Waals surface area contributed by atoms with E-state index in [0.717, 1.165) is 6.04 Å². The molecule has 0 aliphatic rings. The zero-order chi connectivity index (χ0) is 6.62. The van der Waals surface area contributed by atoms with Crippen molar-refractivity contribution < 1.29 is 4.80 Å². The summed E-state index contributed by atoms with van der Waals surface area (Å²) in [6, 6.07) is 0.878. The molecule has 0 aliphatic carbocycles. The highest BCUT2D eigenvalue weighted by Crippen LogP contribution is 2.03. The molecule has 0 aromatic rings. The van der Waals surface area contributed by atoms with E-state index >= 15 is 0 Å². The van der Waals surface area contributed by atoms with Gasteiger partial charge in [-0.25, -0.2) is 0 Å². The second-order valence-corrected chi connectivity index (χ2v) is 6.62. The lowest BCUT2D eigenvalue weighted by molar-refractivity contribution is 0.554. The van der Waals surface area contributed by atoms with Gasteiger partial charge in [0.2, 0.25) is 0 Å². The van der Waals surface area contributed by atoms with Gasteiger partial charge in [0, 0.05) is 0 Å². The molecular formula is C6H14OSi. The maximum absolute atomic E-state index is 9.24. The fourth-order valence-corrected chi connectivity index (χ4v) is 1.22. The zero-order valence-electron chi connectivity index (χ0n) is 5.81. The van der Waals surface area contributed by atoms with Gasteiger partial charge in [0.05, 0.1) is 0 Å². The zero-order valence-corrected chi connectivity index (χ0v) is 6.81. The van der Waals surface area contributed by atoms with Gasteiger partial charge in [-0.2, -0.15) is 0 Å². The number of rotatable bonds is 2. The van der Waals surface area contributed by atoms with Crippen LogP contribution >= 0.6 is 0 Å².